The van der Waals surface area contributed by atoms with Crippen molar-refractivity contribution in [3.05, 3.63) is 74.1 Å². The number of rotatable bonds is 3. The van der Waals surface area contributed by atoms with Crippen molar-refractivity contribution in [2.45, 2.75) is 0 Å². The van der Waals surface area contributed by atoms with E-state index in [1.54, 1.807) is 7.05 Å². The van der Waals surface area contributed by atoms with Gasteiger partial charge in [-0.25, -0.2) is 4.68 Å². The van der Waals surface area contributed by atoms with Gasteiger partial charge in [-0.1, -0.05) is 68.0 Å². The molecule has 8 heteroatoms. The molecule has 0 unspecified atom stereocenters. The van der Waals surface area contributed by atoms with Crippen LogP contribution in [0.1, 0.15) is 5.56 Å². The van der Waals surface area contributed by atoms with Crippen molar-refractivity contribution in [2.75, 3.05) is 7.05 Å². The minimum Gasteiger partial charge on any atom is -0.296 e. The van der Waals surface area contributed by atoms with Gasteiger partial charge in [0.05, 0.1) is 16.3 Å². The second kappa shape index (κ2) is 7.94. The Morgan fingerprint density at radius 2 is 1.64 bits per heavy atom. The highest BCUT2D eigenvalue weighted by Gasteiger charge is 2.29. The zero-order chi connectivity index (χ0) is 19.8. The molecule has 0 radical (unpaired) electrons. The van der Waals surface area contributed by atoms with Crippen molar-refractivity contribution in [1.82, 2.24) is 14.7 Å². The van der Waals surface area contributed by atoms with E-state index in [9.17, 15) is 4.79 Å². The molecule has 4 rings (SSSR count). The second-order valence-electron chi connectivity index (χ2n) is 6.10. The van der Waals surface area contributed by atoms with Crippen molar-refractivity contribution in [1.29, 1.82) is 0 Å². The summed E-state index contributed by atoms with van der Waals surface area (Å²) in [4.78, 5) is 14.5. The molecule has 1 aliphatic heterocycles. The van der Waals surface area contributed by atoms with Crippen molar-refractivity contribution in [2.24, 2.45) is 0 Å². The van der Waals surface area contributed by atoms with Gasteiger partial charge >= 0.3 is 0 Å². The van der Waals surface area contributed by atoms with E-state index in [2.05, 4.69) is 31.9 Å². The van der Waals surface area contributed by atoms with Gasteiger partial charge in [-0.15, -0.1) is 0 Å². The van der Waals surface area contributed by atoms with Crippen LogP contribution in [0.25, 0.3) is 23.0 Å². The first-order valence-corrected chi connectivity index (χ1v) is 11.1. The topological polar surface area (TPSA) is 38.1 Å². The van der Waals surface area contributed by atoms with Crippen LogP contribution in [0, 0.1) is 0 Å². The Kier molecular flexibility index (Phi) is 5.55. The van der Waals surface area contributed by atoms with Gasteiger partial charge in [0.1, 0.15) is 4.32 Å². The molecule has 0 aliphatic carbocycles. The van der Waals surface area contributed by atoms with Crippen molar-refractivity contribution >= 4 is 72.1 Å². The summed E-state index contributed by atoms with van der Waals surface area (Å²) in [6.07, 6.45) is 3.80. The summed E-state index contributed by atoms with van der Waals surface area (Å²) >= 11 is 13.5. The van der Waals surface area contributed by atoms with E-state index in [1.807, 2.05) is 65.5 Å². The van der Waals surface area contributed by atoms with E-state index < -0.39 is 0 Å². The van der Waals surface area contributed by atoms with Crippen LogP contribution in [0.3, 0.4) is 0 Å². The Hall–Kier alpha value is -1.74. The van der Waals surface area contributed by atoms with Crippen LogP contribution >= 0.6 is 55.8 Å². The van der Waals surface area contributed by atoms with E-state index in [0.717, 1.165) is 31.5 Å². The highest BCUT2D eigenvalue weighted by molar-refractivity contribution is 9.10. The van der Waals surface area contributed by atoms with Gasteiger partial charge in [-0.3, -0.25) is 9.69 Å². The maximum atomic E-state index is 12.4. The lowest BCUT2D eigenvalue weighted by molar-refractivity contribution is -0.121. The van der Waals surface area contributed by atoms with Crippen LogP contribution in [0.15, 0.2) is 68.6 Å². The molecular formula is C20H13Br2N3OS2. The van der Waals surface area contributed by atoms with Crippen LogP contribution < -0.4 is 0 Å². The molecule has 1 aromatic heterocycles. The van der Waals surface area contributed by atoms with Crippen molar-refractivity contribution in [3.8, 4) is 16.9 Å². The van der Waals surface area contributed by atoms with Gasteiger partial charge in [-0.05, 0) is 42.5 Å². The number of nitrogens with zero attached hydrogens (tertiary/aromatic N) is 3. The van der Waals surface area contributed by atoms with E-state index in [1.165, 1.54) is 16.7 Å². The lowest BCUT2D eigenvalue weighted by Gasteiger charge is -2.03. The van der Waals surface area contributed by atoms with E-state index >= 15 is 0 Å². The highest BCUT2D eigenvalue weighted by Crippen LogP contribution is 2.34. The number of amides is 1. The summed E-state index contributed by atoms with van der Waals surface area (Å²) in [7, 11) is 1.69. The average Bonchev–Trinajstić information content (AvgIpc) is 3.20. The average molecular weight is 535 g/mol. The first kappa shape index (κ1) is 19.6. The van der Waals surface area contributed by atoms with Gasteiger partial charge in [0.25, 0.3) is 5.91 Å². The monoisotopic (exact) mass is 533 g/mol. The third-order valence-electron chi connectivity index (χ3n) is 4.22. The number of thioether (sulfide) groups is 1. The van der Waals surface area contributed by atoms with Gasteiger partial charge in [-0.2, -0.15) is 5.10 Å². The molecule has 1 amide bonds. The molecule has 0 spiro atoms. The Bertz CT molecular complexity index is 1110. The molecule has 1 aliphatic rings. The maximum Gasteiger partial charge on any atom is 0.265 e. The third kappa shape index (κ3) is 3.87. The zero-order valence-electron chi connectivity index (χ0n) is 14.6. The zero-order valence-corrected chi connectivity index (χ0v) is 19.4. The molecule has 28 heavy (non-hydrogen) atoms. The Morgan fingerprint density at radius 3 is 2.21 bits per heavy atom. The molecule has 0 N–H and O–H groups in total. The third-order valence-corrected chi connectivity index (χ3v) is 6.77. The predicted octanol–water partition coefficient (Wildman–Crippen LogP) is 5.90. The standard InChI is InChI=1S/C20H13Br2N3OS2/c1-24-19(26)17(28-20(24)27)10-13-11-25(16-8-6-15(22)7-9-16)23-18(13)12-2-4-14(21)5-3-12/h2-11H,1H3/b17-10-. The van der Waals surface area contributed by atoms with Gasteiger partial charge in [0, 0.05) is 33.3 Å². The maximum absolute atomic E-state index is 12.4. The molecule has 1 saturated heterocycles. The largest absolute Gasteiger partial charge is 0.296 e. The fourth-order valence-corrected chi connectivity index (χ4v) is 4.44. The lowest BCUT2D eigenvalue weighted by Crippen LogP contribution is -2.22. The molecule has 140 valence electrons. The Balaban J connectivity index is 1.83. The minimum atomic E-state index is -0.0897. The summed E-state index contributed by atoms with van der Waals surface area (Å²) in [5.74, 6) is -0.0897. The Labute approximate surface area is 188 Å². The quantitative estimate of drug-likeness (QED) is 0.310. The molecular weight excluding hydrogens is 522 g/mol. The number of benzene rings is 2. The number of aromatic nitrogens is 2. The van der Waals surface area contributed by atoms with Crippen LogP contribution in [-0.2, 0) is 4.79 Å². The lowest BCUT2D eigenvalue weighted by atomic mass is 10.1. The van der Waals surface area contributed by atoms with Gasteiger partial charge in [0.2, 0.25) is 0 Å². The smallest absolute Gasteiger partial charge is 0.265 e. The number of carbonyl (C=O) groups is 1. The first-order chi connectivity index (χ1) is 13.4. The summed E-state index contributed by atoms with van der Waals surface area (Å²) in [5, 5.41) is 4.79. The number of thiocarbonyl (C=S) groups is 1. The van der Waals surface area contributed by atoms with Gasteiger partial charge in [0.15, 0.2) is 0 Å². The fraction of sp³-hybridized carbons (Fsp3) is 0.0500. The Morgan fingerprint density at radius 1 is 1.04 bits per heavy atom. The SMILES string of the molecule is CN1C(=O)/C(=C/c2cn(-c3ccc(Br)cc3)nc2-c2ccc(Br)cc2)SC1=S. The summed E-state index contributed by atoms with van der Waals surface area (Å²) in [6.45, 7) is 0. The molecule has 2 aromatic carbocycles. The van der Waals surface area contributed by atoms with Crippen LogP contribution in [0.5, 0.6) is 0 Å². The fourth-order valence-electron chi connectivity index (χ4n) is 2.74. The second-order valence-corrected chi connectivity index (χ2v) is 9.61. The van der Waals surface area contributed by atoms with Crippen LogP contribution in [0.4, 0.5) is 0 Å². The molecule has 4 nitrogen and oxygen atoms in total. The molecule has 0 saturated carbocycles. The highest BCUT2D eigenvalue weighted by atomic mass is 79.9. The number of carbonyl (C=O) groups excluding carboxylic acids is 1. The summed E-state index contributed by atoms with van der Waals surface area (Å²) < 4.78 is 4.38. The summed E-state index contributed by atoms with van der Waals surface area (Å²) in [5.41, 5.74) is 3.57. The molecule has 0 atom stereocenters. The van der Waals surface area contributed by atoms with E-state index in [0.29, 0.717) is 9.23 Å². The van der Waals surface area contributed by atoms with Gasteiger partial charge < -0.3 is 0 Å². The molecule has 0 bridgehead atoms. The minimum absolute atomic E-state index is 0.0897. The molecule has 1 fully saturated rings. The predicted molar refractivity (Wildman–Crippen MR) is 125 cm³/mol. The number of hydrogen-bond donors (Lipinski definition) is 0. The molecule has 2 heterocycles. The number of hydrogen-bond acceptors (Lipinski definition) is 4. The van der Waals surface area contributed by atoms with Crippen molar-refractivity contribution < 1.29 is 4.79 Å². The number of halogens is 2. The summed E-state index contributed by atoms with van der Waals surface area (Å²) in [6, 6.07) is 15.9. The normalized spacial score (nSPS) is 15.7. The van der Waals surface area contributed by atoms with E-state index in [-0.39, 0.29) is 5.91 Å². The van der Waals surface area contributed by atoms with E-state index in [4.69, 9.17) is 17.3 Å². The van der Waals surface area contributed by atoms with Crippen LogP contribution in [-0.4, -0.2) is 32.0 Å². The molecule has 3 aromatic rings. The van der Waals surface area contributed by atoms with Crippen LogP contribution in [0.2, 0.25) is 0 Å². The first-order valence-electron chi connectivity index (χ1n) is 8.25. The van der Waals surface area contributed by atoms with Crippen molar-refractivity contribution in [3.63, 3.8) is 0 Å². The number of likely N-dealkylation sites (N-methyl/N-ethyl adjacent to an activating group) is 1.